The first kappa shape index (κ1) is 19.9. The summed E-state index contributed by atoms with van der Waals surface area (Å²) in [6, 6.07) is 6.20. The second kappa shape index (κ2) is 8.17. The van der Waals surface area contributed by atoms with Crippen LogP contribution in [0.25, 0.3) is 10.2 Å². The Morgan fingerprint density at radius 2 is 2.03 bits per heavy atom. The molecule has 0 spiro atoms. The summed E-state index contributed by atoms with van der Waals surface area (Å²) in [4.78, 5) is 29.1. The molecule has 3 aromatic heterocycles. The van der Waals surface area contributed by atoms with Crippen LogP contribution < -0.4 is 4.90 Å². The first-order chi connectivity index (χ1) is 14.0. The fourth-order valence-corrected chi connectivity index (χ4v) is 5.90. The molecule has 0 bridgehead atoms. The van der Waals surface area contributed by atoms with Crippen molar-refractivity contribution in [1.82, 2.24) is 15.0 Å². The Balaban J connectivity index is 1.59. The number of aryl methyl sites for hydroxylation is 2. The van der Waals surface area contributed by atoms with Crippen molar-refractivity contribution < 1.29 is 9.18 Å². The van der Waals surface area contributed by atoms with Gasteiger partial charge in [-0.05, 0) is 31.5 Å². The molecule has 9 heteroatoms. The van der Waals surface area contributed by atoms with E-state index in [1.54, 1.807) is 47.6 Å². The maximum atomic E-state index is 14.2. The van der Waals surface area contributed by atoms with Crippen molar-refractivity contribution in [3.05, 3.63) is 57.9 Å². The Hall–Kier alpha value is -2.36. The van der Waals surface area contributed by atoms with Gasteiger partial charge in [-0.3, -0.25) is 9.69 Å². The molecular weight excluding hydrogens is 427 g/mol. The number of nitrogens with zero attached hydrogens (tertiary/aromatic N) is 4. The number of thiophene rings is 1. The number of halogens is 1. The number of fused-ring (bicyclic) bond motifs is 1. The van der Waals surface area contributed by atoms with Gasteiger partial charge in [0.15, 0.2) is 5.13 Å². The number of benzene rings is 1. The van der Waals surface area contributed by atoms with Crippen LogP contribution in [0.15, 0.2) is 41.0 Å². The molecule has 0 aliphatic carbocycles. The fourth-order valence-electron chi connectivity index (χ4n) is 2.91. The third kappa shape index (κ3) is 3.90. The first-order valence-corrected chi connectivity index (χ1v) is 11.5. The number of para-hydroxylation sites is 1. The monoisotopic (exact) mass is 444 g/mol. The average molecular weight is 445 g/mol. The van der Waals surface area contributed by atoms with Gasteiger partial charge < -0.3 is 0 Å². The van der Waals surface area contributed by atoms with Crippen molar-refractivity contribution in [2.24, 2.45) is 0 Å². The highest BCUT2D eigenvalue weighted by molar-refractivity contribution is 7.98. The standard InChI is InChI=1S/C20H17FN4OS3/c1-11-12(2)29-19-17(11)18(22-10-23-19)27-8-14-9-28-20(24-14)25(13(3)26)16-7-5-4-6-15(16)21/h4-7,9-10H,8H2,1-3H3. The molecule has 5 nitrogen and oxygen atoms in total. The summed E-state index contributed by atoms with van der Waals surface area (Å²) in [5.74, 6) is -0.147. The second-order valence-electron chi connectivity index (χ2n) is 6.36. The van der Waals surface area contributed by atoms with Crippen LogP contribution in [0.2, 0.25) is 0 Å². The predicted octanol–water partition coefficient (Wildman–Crippen LogP) is 5.88. The highest BCUT2D eigenvalue weighted by atomic mass is 32.2. The molecule has 0 N–H and O–H groups in total. The fraction of sp³-hybridized carbons (Fsp3) is 0.200. The largest absolute Gasteiger partial charge is 0.274 e. The number of thioether (sulfide) groups is 1. The topological polar surface area (TPSA) is 59.0 Å². The lowest BCUT2D eigenvalue weighted by Crippen LogP contribution is -2.23. The van der Waals surface area contributed by atoms with Gasteiger partial charge in [-0.15, -0.1) is 22.7 Å². The Kier molecular flexibility index (Phi) is 5.62. The van der Waals surface area contributed by atoms with Gasteiger partial charge in [0.2, 0.25) is 5.91 Å². The quantitative estimate of drug-likeness (QED) is 0.284. The van der Waals surface area contributed by atoms with E-state index >= 15 is 0 Å². The number of thiazole rings is 1. The molecule has 0 aliphatic heterocycles. The van der Waals surface area contributed by atoms with E-state index in [1.807, 2.05) is 5.38 Å². The van der Waals surface area contributed by atoms with E-state index in [0.29, 0.717) is 10.9 Å². The Morgan fingerprint density at radius 3 is 2.79 bits per heavy atom. The molecule has 3 heterocycles. The van der Waals surface area contributed by atoms with Crippen molar-refractivity contribution in [2.75, 3.05) is 4.90 Å². The summed E-state index contributed by atoms with van der Waals surface area (Å²) < 4.78 is 14.2. The normalized spacial score (nSPS) is 11.2. The van der Waals surface area contributed by atoms with Gasteiger partial charge in [0.05, 0.1) is 11.4 Å². The SMILES string of the molecule is CC(=O)N(c1nc(CSc2ncnc3sc(C)c(C)c23)cs1)c1ccccc1F. The van der Waals surface area contributed by atoms with E-state index in [4.69, 9.17) is 0 Å². The number of carbonyl (C=O) groups excluding carboxylic acids is 1. The van der Waals surface area contributed by atoms with Gasteiger partial charge in [0.1, 0.15) is 22.0 Å². The lowest BCUT2D eigenvalue weighted by molar-refractivity contribution is -0.115. The Bertz CT molecular complexity index is 1200. The third-order valence-corrected chi connectivity index (χ3v) is 7.44. The molecule has 0 unspecified atom stereocenters. The minimum Gasteiger partial charge on any atom is -0.274 e. The number of rotatable bonds is 5. The molecule has 0 saturated carbocycles. The number of carbonyl (C=O) groups is 1. The highest BCUT2D eigenvalue weighted by Crippen LogP contribution is 2.36. The number of anilines is 2. The zero-order valence-electron chi connectivity index (χ0n) is 16.0. The van der Waals surface area contributed by atoms with Crippen LogP contribution in [0.1, 0.15) is 23.1 Å². The van der Waals surface area contributed by atoms with E-state index < -0.39 is 5.82 Å². The van der Waals surface area contributed by atoms with Crippen LogP contribution in [0, 0.1) is 19.7 Å². The molecule has 0 saturated heterocycles. The van der Waals surface area contributed by atoms with Gasteiger partial charge in [0, 0.05) is 28.3 Å². The molecule has 1 aromatic carbocycles. The van der Waals surface area contributed by atoms with Crippen LogP contribution in [0.3, 0.4) is 0 Å². The van der Waals surface area contributed by atoms with E-state index in [1.165, 1.54) is 39.7 Å². The zero-order valence-corrected chi connectivity index (χ0v) is 18.4. The first-order valence-electron chi connectivity index (χ1n) is 8.79. The summed E-state index contributed by atoms with van der Waals surface area (Å²) in [6.45, 7) is 5.57. The Morgan fingerprint density at radius 1 is 1.24 bits per heavy atom. The van der Waals surface area contributed by atoms with E-state index in [2.05, 4.69) is 28.8 Å². The van der Waals surface area contributed by atoms with Crippen LogP contribution in [-0.4, -0.2) is 20.9 Å². The van der Waals surface area contributed by atoms with Crippen molar-refractivity contribution in [3.8, 4) is 0 Å². The van der Waals surface area contributed by atoms with Crippen LogP contribution in [0.5, 0.6) is 0 Å². The minimum atomic E-state index is -0.458. The lowest BCUT2D eigenvalue weighted by Gasteiger charge is -2.18. The molecule has 148 valence electrons. The third-order valence-electron chi connectivity index (χ3n) is 4.43. The maximum Gasteiger partial charge on any atom is 0.230 e. The number of aromatic nitrogens is 3. The number of hydrogen-bond donors (Lipinski definition) is 0. The number of hydrogen-bond acceptors (Lipinski definition) is 7. The van der Waals surface area contributed by atoms with Gasteiger partial charge in [-0.1, -0.05) is 23.9 Å². The average Bonchev–Trinajstić information content (AvgIpc) is 3.27. The minimum absolute atomic E-state index is 0.204. The molecule has 0 atom stereocenters. The molecule has 0 aliphatic rings. The van der Waals surface area contributed by atoms with Crippen molar-refractivity contribution in [1.29, 1.82) is 0 Å². The van der Waals surface area contributed by atoms with Crippen LogP contribution in [0.4, 0.5) is 15.2 Å². The molecule has 29 heavy (non-hydrogen) atoms. The Labute approximate surface area is 179 Å². The van der Waals surface area contributed by atoms with Crippen LogP contribution in [-0.2, 0) is 10.5 Å². The van der Waals surface area contributed by atoms with E-state index in [-0.39, 0.29) is 11.6 Å². The number of amides is 1. The molecule has 4 rings (SSSR count). The summed E-state index contributed by atoms with van der Waals surface area (Å²) >= 11 is 4.57. The maximum absolute atomic E-state index is 14.2. The van der Waals surface area contributed by atoms with Gasteiger partial charge in [-0.25, -0.2) is 19.3 Å². The summed E-state index contributed by atoms with van der Waals surface area (Å²) in [6.07, 6.45) is 1.59. The molecule has 0 radical (unpaired) electrons. The summed E-state index contributed by atoms with van der Waals surface area (Å²) in [5, 5.41) is 4.35. The van der Waals surface area contributed by atoms with Crippen molar-refractivity contribution in [3.63, 3.8) is 0 Å². The molecule has 4 aromatic rings. The summed E-state index contributed by atoms with van der Waals surface area (Å²) in [7, 11) is 0. The second-order valence-corrected chi connectivity index (χ2v) is 9.36. The predicted molar refractivity (Wildman–Crippen MR) is 118 cm³/mol. The van der Waals surface area contributed by atoms with E-state index in [9.17, 15) is 9.18 Å². The van der Waals surface area contributed by atoms with E-state index in [0.717, 1.165) is 20.9 Å². The van der Waals surface area contributed by atoms with Crippen molar-refractivity contribution in [2.45, 2.75) is 31.6 Å². The zero-order chi connectivity index (χ0) is 20.5. The molecule has 0 fully saturated rings. The van der Waals surface area contributed by atoms with Crippen molar-refractivity contribution >= 4 is 61.4 Å². The lowest BCUT2D eigenvalue weighted by atomic mass is 10.2. The van der Waals surface area contributed by atoms with Gasteiger partial charge in [0.25, 0.3) is 0 Å². The molecular formula is C20H17FN4OS3. The van der Waals surface area contributed by atoms with Gasteiger partial charge in [-0.2, -0.15) is 0 Å². The van der Waals surface area contributed by atoms with Crippen LogP contribution >= 0.6 is 34.4 Å². The highest BCUT2D eigenvalue weighted by Gasteiger charge is 2.21. The smallest absolute Gasteiger partial charge is 0.230 e. The van der Waals surface area contributed by atoms with Gasteiger partial charge >= 0.3 is 0 Å². The summed E-state index contributed by atoms with van der Waals surface area (Å²) in [5.41, 5.74) is 2.22. The molecule has 1 amide bonds.